The molecule has 0 saturated carbocycles. The fourth-order valence-corrected chi connectivity index (χ4v) is 3.68. The second-order valence-electron chi connectivity index (χ2n) is 8.57. The fourth-order valence-electron chi connectivity index (χ4n) is 3.68. The molecule has 0 aliphatic carbocycles. The van der Waals surface area contributed by atoms with Gasteiger partial charge >= 0.3 is 0 Å². The minimum Gasteiger partial charge on any atom is -0.506 e. The van der Waals surface area contributed by atoms with Crippen molar-refractivity contribution in [3.05, 3.63) is 36.7 Å². The van der Waals surface area contributed by atoms with E-state index in [1.807, 2.05) is 31.4 Å². The van der Waals surface area contributed by atoms with Crippen LogP contribution in [0.15, 0.2) is 36.7 Å². The van der Waals surface area contributed by atoms with Crippen molar-refractivity contribution >= 4 is 5.82 Å². The third-order valence-corrected chi connectivity index (χ3v) is 4.92. The number of nitrogens with zero attached hydrogens (tertiary/aromatic N) is 6. The summed E-state index contributed by atoms with van der Waals surface area (Å²) in [4.78, 5) is 6.62. The van der Waals surface area contributed by atoms with E-state index in [1.54, 1.807) is 16.9 Å². The van der Waals surface area contributed by atoms with Crippen molar-refractivity contribution < 1.29 is 5.11 Å². The number of rotatable bonds is 4. The first-order valence-electron chi connectivity index (χ1n) is 9.84. The standard InChI is InChI=1S/C21H27N7O/c1-21(2,3)23-15-7-10-28(13-15)19-6-5-17(24-25-19)20-18(29)11-14(12-22-20)16-8-9-27(4)26-16/h5-6,8-9,11-12,15,23,29H,7,10,13H2,1-4H3/t15-/m1/s1. The molecule has 0 bridgehead atoms. The van der Waals surface area contributed by atoms with E-state index in [0.29, 0.717) is 17.4 Å². The molecule has 2 N–H and O–H groups in total. The number of hydrogen-bond acceptors (Lipinski definition) is 7. The highest BCUT2D eigenvalue weighted by molar-refractivity contribution is 5.68. The maximum Gasteiger partial charge on any atom is 0.151 e. The van der Waals surface area contributed by atoms with Gasteiger partial charge in [0.05, 0.1) is 5.69 Å². The lowest BCUT2D eigenvalue weighted by atomic mass is 10.1. The predicted octanol–water partition coefficient (Wildman–Crippen LogP) is 2.61. The Hall–Kier alpha value is -3.00. The van der Waals surface area contributed by atoms with Crippen molar-refractivity contribution in [2.24, 2.45) is 7.05 Å². The Morgan fingerprint density at radius 2 is 1.97 bits per heavy atom. The molecule has 4 heterocycles. The first-order chi connectivity index (χ1) is 13.8. The van der Waals surface area contributed by atoms with Crippen LogP contribution in [0.2, 0.25) is 0 Å². The summed E-state index contributed by atoms with van der Waals surface area (Å²) in [6.07, 6.45) is 4.62. The highest BCUT2D eigenvalue weighted by atomic mass is 16.3. The molecule has 152 valence electrons. The van der Waals surface area contributed by atoms with Crippen LogP contribution in [-0.4, -0.2) is 54.7 Å². The van der Waals surface area contributed by atoms with E-state index in [9.17, 15) is 5.11 Å². The number of pyridine rings is 1. The lowest BCUT2D eigenvalue weighted by Crippen LogP contribution is -2.45. The largest absolute Gasteiger partial charge is 0.506 e. The van der Waals surface area contributed by atoms with Crippen LogP contribution >= 0.6 is 0 Å². The van der Waals surface area contributed by atoms with Gasteiger partial charge in [0.1, 0.15) is 17.1 Å². The minimum absolute atomic E-state index is 0.0609. The van der Waals surface area contributed by atoms with Crippen LogP contribution in [0.3, 0.4) is 0 Å². The Bertz CT molecular complexity index is 991. The molecule has 4 rings (SSSR count). The minimum atomic E-state index is 0.0609. The molecule has 3 aromatic heterocycles. The molecule has 1 saturated heterocycles. The zero-order chi connectivity index (χ0) is 20.6. The van der Waals surface area contributed by atoms with Crippen LogP contribution in [0, 0.1) is 0 Å². The second-order valence-corrected chi connectivity index (χ2v) is 8.57. The molecule has 0 amide bonds. The summed E-state index contributed by atoms with van der Waals surface area (Å²) in [7, 11) is 1.85. The number of hydrogen-bond donors (Lipinski definition) is 2. The molecule has 0 spiro atoms. The van der Waals surface area contributed by atoms with Gasteiger partial charge in [0, 0.05) is 49.7 Å². The van der Waals surface area contributed by atoms with Crippen LogP contribution < -0.4 is 10.2 Å². The Morgan fingerprint density at radius 1 is 1.14 bits per heavy atom. The third-order valence-electron chi connectivity index (χ3n) is 4.92. The van der Waals surface area contributed by atoms with Crippen LogP contribution in [0.25, 0.3) is 22.6 Å². The van der Waals surface area contributed by atoms with E-state index < -0.39 is 0 Å². The Balaban J connectivity index is 1.48. The average molecular weight is 393 g/mol. The highest BCUT2D eigenvalue weighted by Gasteiger charge is 2.26. The predicted molar refractivity (Wildman–Crippen MR) is 113 cm³/mol. The van der Waals surface area contributed by atoms with E-state index in [2.05, 4.69) is 51.3 Å². The first kappa shape index (κ1) is 19.3. The quantitative estimate of drug-likeness (QED) is 0.704. The van der Waals surface area contributed by atoms with Gasteiger partial charge in [-0.15, -0.1) is 10.2 Å². The van der Waals surface area contributed by atoms with Crippen LogP contribution in [-0.2, 0) is 7.05 Å². The zero-order valence-corrected chi connectivity index (χ0v) is 17.3. The van der Waals surface area contributed by atoms with Gasteiger partial charge in [0.15, 0.2) is 5.82 Å². The van der Waals surface area contributed by atoms with Crippen molar-refractivity contribution in [1.29, 1.82) is 0 Å². The third kappa shape index (κ3) is 4.37. The van der Waals surface area contributed by atoms with E-state index >= 15 is 0 Å². The SMILES string of the molecule is Cn1ccc(-c2cnc(-c3ccc(N4CC[C@@H](NC(C)(C)C)C4)nn3)c(O)c2)n1. The molecule has 0 unspecified atom stereocenters. The van der Waals surface area contributed by atoms with Gasteiger partial charge in [-0.2, -0.15) is 5.10 Å². The van der Waals surface area contributed by atoms with Crippen molar-refractivity contribution in [3.8, 4) is 28.4 Å². The summed E-state index contributed by atoms with van der Waals surface area (Å²) in [5.41, 5.74) is 2.57. The van der Waals surface area contributed by atoms with Crippen molar-refractivity contribution in [3.63, 3.8) is 0 Å². The van der Waals surface area contributed by atoms with E-state index in [0.717, 1.165) is 36.6 Å². The summed E-state index contributed by atoms with van der Waals surface area (Å²) in [6.45, 7) is 8.41. The summed E-state index contributed by atoms with van der Waals surface area (Å²) in [5, 5.41) is 27.1. The summed E-state index contributed by atoms with van der Waals surface area (Å²) in [6, 6.07) is 7.78. The molecule has 1 aliphatic heterocycles. The maximum atomic E-state index is 10.5. The molecule has 0 aromatic carbocycles. The Labute approximate surface area is 170 Å². The highest BCUT2D eigenvalue weighted by Crippen LogP contribution is 2.30. The molecule has 0 radical (unpaired) electrons. The van der Waals surface area contributed by atoms with Crippen molar-refractivity contribution in [2.45, 2.75) is 38.8 Å². The summed E-state index contributed by atoms with van der Waals surface area (Å²) in [5.74, 6) is 0.905. The lowest BCUT2D eigenvalue weighted by molar-refractivity contribution is 0.373. The molecule has 1 fully saturated rings. The molecular formula is C21H27N7O. The van der Waals surface area contributed by atoms with Gasteiger partial charge < -0.3 is 15.3 Å². The molecule has 1 aliphatic rings. The van der Waals surface area contributed by atoms with Crippen LogP contribution in [0.1, 0.15) is 27.2 Å². The van der Waals surface area contributed by atoms with Crippen LogP contribution in [0.5, 0.6) is 5.75 Å². The average Bonchev–Trinajstić information content (AvgIpc) is 3.30. The van der Waals surface area contributed by atoms with Gasteiger partial charge in [0.25, 0.3) is 0 Å². The van der Waals surface area contributed by atoms with E-state index in [1.165, 1.54) is 0 Å². The Morgan fingerprint density at radius 3 is 2.59 bits per heavy atom. The molecule has 29 heavy (non-hydrogen) atoms. The summed E-state index contributed by atoms with van der Waals surface area (Å²) < 4.78 is 1.71. The number of aryl methyl sites for hydroxylation is 1. The Kier molecular flexibility index (Phi) is 4.96. The van der Waals surface area contributed by atoms with Crippen molar-refractivity contribution in [1.82, 2.24) is 30.3 Å². The number of aromatic hydroxyl groups is 1. The molecule has 8 heteroatoms. The fraction of sp³-hybridized carbons (Fsp3) is 0.429. The summed E-state index contributed by atoms with van der Waals surface area (Å²) >= 11 is 0. The second kappa shape index (κ2) is 7.44. The van der Waals surface area contributed by atoms with Gasteiger partial charge in [-0.1, -0.05) is 0 Å². The monoisotopic (exact) mass is 393 g/mol. The number of nitrogens with one attached hydrogen (secondary N) is 1. The molecule has 1 atom stereocenters. The maximum absolute atomic E-state index is 10.5. The molecule has 3 aromatic rings. The van der Waals surface area contributed by atoms with Gasteiger partial charge in [-0.05, 0) is 51.5 Å². The van der Waals surface area contributed by atoms with Gasteiger partial charge in [0.2, 0.25) is 0 Å². The number of aromatic nitrogens is 5. The van der Waals surface area contributed by atoms with E-state index in [-0.39, 0.29) is 11.3 Å². The van der Waals surface area contributed by atoms with Crippen molar-refractivity contribution in [2.75, 3.05) is 18.0 Å². The normalized spacial score (nSPS) is 17.1. The first-order valence-corrected chi connectivity index (χ1v) is 9.84. The smallest absolute Gasteiger partial charge is 0.151 e. The molecule has 8 nitrogen and oxygen atoms in total. The van der Waals surface area contributed by atoms with E-state index in [4.69, 9.17) is 0 Å². The van der Waals surface area contributed by atoms with Crippen LogP contribution in [0.4, 0.5) is 5.82 Å². The van der Waals surface area contributed by atoms with Gasteiger partial charge in [-0.3, -0.25) is 4.68 Å². The number of anilines is 1. The topological polar surface area (TPSA) is 92.0 Å². The molecular weight excluding hydrogens is 366 g/mol. The zero-order valence-electron chi connectivity index (χ0n) is 17.3. The van der Waals surface area contributed by atoms with Gasteiger partial charge in [-0.25, -0.2) is 4.98 Å². The lowest BCUT2D eigenvalue weighted by Gasteiger charge is -2.26.